The van der Waals surface area contributed by atoms with Gasteiger partial charge in [0.15, 0.2) is 9.84 Å². The highest BCUT2D eigenvalue weighted by atomic mass is 32.2. The Morgan fingerprint density at radius 3 is 2.50 bits per heavy atom. The summed E-state index contributed by atoms with van der Waals surface area (Å²) >= 11 is 0. The van der Waals surface area contributed by atoms with Crippen LogP contribution in [0.3, 0.4) is 0 Å². The summed E-state index contributed by atoms with van der Waals surface area (Å²) in [6, 6.07) is -0.410. The molecule has 116 valence electrons. The topological polar surface area (TPSA) is 104 Å². The summed E-state index contributed by atoms with van der Waals surface area (Å²) in [5.41, 5.74) is 0. The Kier molecular flexibility index (Phi) is 5.01. The average molecular weight is 306 g/mol. The van der Waals surface area contributed by atoms with Gasteiger partial charge in [-0.25, -0.2) is 13.2 Å². The number of amides is 2. The van der Waals surface area contributed by atoms with Gasteiger partial charge in [-0.05, 0) is 26.7 Å². The molecule has 1 fully saturated rings. The first-order valence-corrected chi connectivity index (χ1v) is 8.39. The van der Waals surface area contributed by atoms with Crippen LogP contribution in [-0.2, 0) is 14.6 Å². The van der Waals surface area contributed by atoms with Crippen LogP contribution in [0.2, 0.25) is 0 Å². The van der Waals surface area contributed by atoms with Crippen molar-refractivity contribution in [2.24, 2.45) is 5.92 Å². The molecule has 1 saturated heterocycles. The van der Waals surface area contributed by atoms with E-state index >= 15 is 0 Å². The van der Waals surface area contributed by atoms with Crippen molar-refractivity contribution < 1.29 is 23.1 Å². The summed E-state index contributed by atoms with van der Waals surface area (Å²) in [5.74, 6) is -1.45. The van der Waals surface area contributed by atoms with E-state index in [0.717, 1.165) is 6.26 Å². The first-order chi connectivity index (χ1) is 9.04. The largest absolute Gasteiger partial charge is 0.481 e. The third kappa shape index (κ3) is 4.09. The van der Waals surface area contributed by atoms with Crippen molar-refractivity contribution in [3.63, 3.8) is 0 Å². The lowest BCUT2D eigenvalue weighted by Gasteiger charge is -2.32. The lowest BCUT2D eigenvalue weighted by molar-refractivity contribution is -0.143. The van der Waals surface area contributed by atoms with E-state index in [1.54, 1.807) is 13.8 Å². The van der Waals surface area contributed by atoms with E-state index in [-0.39, 0.29) is 13.1 Å². The first kappa shape index (κ1) is 16.7. The maximum atomic E-state index is 12.0. The van der Waals surface area contributed by atoms with Crippen molar-refractivity contribution in [2.45, 2.75) is 31.4 Å². The van der Waals surface area contributed by atoms with Crippen LogP contribution in [0.15, 0.2) is 0 Å². The number of piperidine rings is 1. The fourth-order valence-electron chi connectivity index (χ4n) is 1.89. The normalized spacial score (nSPS) is 20.6. The number of nitrogens with zero attached hydrogens (tertiary/aromatic N) is 1. The number of carbonyl (C=O) groups is 2. The average Bonchev–Trinajstić information content (AvgIpc) is 2.34. The fraction of sp³-hybridized carbons (Fsp3) is 0.833. The number of hydrogen-bond acceptors (Lipinski definition) is 4. The molecule has 1 aliphatic rings. The molecule has 8 heteroatoms. The number of rotatable bonds is 4. The van der Waals surface area contributed by atoms with E-state index < -0.39 is 32.5 Å². The van der Waals surface area contributed by atoms with Crippen molar-refractivity contribution >= 4 is 21.8 Å². The summed E-state index contributed by atoms with van der Waals surface area (Å²) in [7, 11) is -3.28. The molecule has 1 heterocycles. The molecule has 2 amide bonds. The van der Waals surface area contributed by atoms with Crippen molar-refractivity contribution in [1.82, 2.24) is 10.2 Å². The molecule has 20 heavy (non-hydrogen) atoms. The molecule has 0 unspecified atom stereocenters. The monoisotopic (exact) mass is 306 g/mol. The highest BCUT2D eigenvalue weighted by Gasteiger charge is 2.32. The van der Waals surface area contributed by atoms with Crippen molar-refractivity contribution in [3.05, 3.63) is 0 Å². The van der Waals surface area contributed by atoms with Crippen molar-refractivity contribution in [1.29, 1.82) is 0 Å². The van der Waals surface area contributed by atoms with E-state index in [2.05, 4.69) is 5.32 Å². The summed E-state index contributed by atoms with van der Waals surface area (Å²) in [4.78, 5) is 24.3. The van der Waals surface area contributed by atoms with Gasteiger partial charge >= 0.3 is 12.0 Å². The summed E-state index contributed by atoms with van der Waals surface area (Å²) in [5, 5.41) is 11.5. The summed E-state index contributed by atoms with van der Waals surface area (Å²) < 4.78 is 22.0. The highest BCUT2D eigenvalue weighted by molar-refractivity contribution is 7.92. The van der Waals surface area contributed by atoms with Crippen LogP contribution < -0.4 is 5.32 Å². The van der Waals surface area contributed by atoms with Gasteiger partial charge in [0.1, 0.15) is 0 Å². The minimum atomic E-state index is -3.28. The number of carboxylic acid groups (broad SMARTS) is 1. The third-order valence-electron chi connectivity index (χ3n) is 3.73. The molecule has 0 spiro atoms. The van der Waals surface area contributed by atoms with E-state index in [1.165, 1.54) is 4.90 Å². The molecule has 0 bridgehead atoms. The Balaban J connectivity index is 2.57. The maximum Gasteiger partial charge on any atom is 0.317 e. The zero-order valence-corrected chi connectivity index (χ0v) is 12.9. The molecule has 0 aromatic carbocycles. The standard InChI is InChI=1S/C12H22N2O5S/c1-12(2,20(3,18)19)8-13-11(17)14-6-4-5-9(7-14)10(15)16/h9H,4-8H2,1-3H3,(H,13,17)(H,15,16)/t9-/m1/s1. The lowest BCUT2D eigenvalue weighted by atomic mass is 9.99. The Labute approximate surface area is 119 Å². The van der Waals surface area contributed by atoms with Crippen LogP contribution in [0.25, 0.3) is 0 Å². The SMILES string of the molecule is CC(C)(CNC(=O)N1CCC[C@@H](C(=O)O)C1)S(C)(=O)=O. The van der Waals surface area contributed by atoms with Gasteiger partial charge < -0.3 is 15.3 Å². The van der Waals surface area contributed by atoms with Crippen LogP contribution in [-0.4, -0.2) is 61.1 Å². The molecule has 0 aliphatic carbocycles. The molecule has 2 N–H and O–H groups in total. The van der Waals surface area contributed by atoms with Crippen LogP contribution in [0.1, 0.15) is 26.7 Å². The third-order valence-corrected chi connectivity index (χ3v) is 5.88. The Hall–Kier alpha value is -1.31. The molecule has 1 rings (SSSR count). The maximum absolute atomic E-state index is 12.0. The number of hydrogen-bond donors (Lipinski definition) is 2. The van der Waals surface area contributed by atoms with E-state index in [9.17, 15) is 18.0 Å². The molecule has 0 aromatic rings. The number of carboxylic acids is 1. The summed E-state index contributed by atoms with van der Waals surface area (Å²) in [6.45, 7) is 3.74. The van der Waals surface area contributed by atoms with E-state index in [0.29, 0.717) is 19.4 Å². The van der Waals surface area contributed by atoms with Gasteiger partial charge in [-0.2, -0.15) is 0 Å². The molecule has 0 aromatic heterocycles. The highest BCUT2D eigenvalue weighted by Crippen LogP contribution is 2.17. The number of nitrogens with one attached hydrogen (secondary N) is 1. The molecule has 0 saturated carbocycles. The van der Waals surface area contributed by atoms with Crippen molar-refractivity contribution in [3.8, 4) is 0 Å². The zero-order chi connectivity index (χ0) is 15.6. The van der Waals surface area contributed by atoms with Gasteiger partial charge in [0.2, 0.25) is 0 Å². The predicted molar refractivity (Wildman–Crippen MR) is 74.3 cm³/mol. The Bertz CT molecular complexity index is 486. The van der Waals surface area contributed by atoms with Gasteiger partial charge in [0, 0.05) is 25.9 Å². The quantitative estimate of drug-likeness (QED) is 0.778. The second-order valence-corrected chi connectivity index (χ2v) is 8.46. The number of likely N-dealkylation sites (tertiary alicyclic amines) is 1. The van der Waals surface area contributed by atoms with Gasteiger partial charge in [-0.1, -0.05) is 0 Å². The molecule has 1 atom stereocenters. The number of carbonyl (C=O) groups excluding carboxylic acids is 1. The number of urea groups is 1. The lowest BCUT2D eigenvalue weighted by Crippen LogP contribution is -2.51. The van der Waals surface area contributed by atoms with Gasteiger partial charge in [-0.15, -0.1) is 0 Å². The van der Waals surface area contributed by atoms with Crippen LogP contribution >= 0.6 is 0 Å². The molecular formula is C12H22N2O5S. The van der Waals surface area contributed by atoms with Crippen LogP contribution in [0, 0.1) is 5.92 Å². The van der Waals surface area contributed by atoms with E-state index in [4.69, 9.17) is 5.11 Å². The second kappa shape index (κ2) is 5.99. The minimum absolute atomic E-state index is 0.00109. The number of aliphatic carboxylic acids is 1. The molecule has 1 aliphatic heterocycles. The Morgan fingerprint density at radius 1 is 1.40 bits per heavy atom. The minimum Gasteiger partial charge on any atom is -0.481 e. The summed E-state index contributed by atoms with van der Waals surface area (Å²) in [6.07, 6.45) is 2.33. The number of sulfone groups is 1. The predicted octanol–water partition coefficient (Wildman–Crippen LogP) is 0.316. The smallest absolute Gasteiger partial charge is 0.317 e. The van der Waals surface area contributed by atoms with Crippen molar-refractivity contribution in [2.75, 3.05) is 25.9 Å². The van der Waals surface area contributed by atoms with Gasteiger partial charge in [0.05, 0.1) is 10.7 Å². The molecular weight excluding hydrogens is 284 g/mol. The molecule has 0 radical (unpaired) electrons. The van der Waals surface area contributed by atoms with Crippen LogP contribution in [0.4, 0.5) is 4.79 Å². The fourth-order valence-corrected chi connectivity index (χ4v) is 2.23. The van der Waals surface area contributed by atoms with Gasteiger partial charge in [0.25, 0.3) is 0 Å². The first-order valence-electron chi connectivity index (χ1n) is 6.50. The van der Waals surface area contributed by atoms with E-state index in [1.807, 2.05) is 0 Å². The Morgan fingerprint density at radius 2 is 2.00 bits per heavy atom. The zero-order valence-electron chi connectivity index (χ0n) is 12.0. The molecule has 7 nitrogen and oxygen atoms in total. The van der Waals surface area contributed by atoms with Crippen LogP contribution in [0.5, 0.6) is 0 Å². The second-order valence-electron chi connectivity index (χ2n) is 5.81. The van der Waals surface area contributed by atoms with Gasteiger partial charge in [-0.3, -0.25) is 4.79 Å².